The predicted octanol–water partition coefficient (Wildman–Crippen LogP) is 6.89. The van der Waals surface area contributed by atoms with E-state index in [0.29, 0.717) is 28.3 Å². The van der Waals surface area contributed by atoms with Gasteiger partial charge in [0.15, 0.2) is 11.0 Å². The zero-order chi connectivity index (χ0) is 33.1. The lowest BCUT2D eigenvalue weighted by atomic mass is 10.1. The van der Waals surface area contributed by atoms with Crippen molar-refractivity contribution in [3.05, 3.63) is 84.2 Å². The first-order chi connectivity index (χ1) is 21.7. The Morgan fingerprint density at radius 2 is 1.74 bits per heavy atom. The molecule has 17 heteroatoms. The average Bonchev–Trinajstić information content (AvgIpc) is 3.60. The summed E-state index contributed by atoms with van der Waals surface area (Å²) in [6, 6.07) is 15.5. The smallest absolute Gasteiger partial charge is 0.406 e. The molecular formula is C29H22F6N6O4S. The van der Waals surface area contributed by atoms with E-state index in [1.54, 1.807) is 49.4 Å². The lowest BCUT2D eigenvalue weighted by Gasteiger charge is -2.20. The maximum Gasteiger partial charge on any atom is 0.573 e. The maximum absolute atomic E-state index is 12.8. The highest BCUT2D eigenvalue weighted by Gasteiger charge is 2.33. The van der Waals surface area contributed by atoms with E-state index >= 15 is 0 Å². The van der Waals surface area contributed by atoms with E-state index in [4.69, 9.17) is 4.74 Å². The van der Waals surface area contributed by atoms with Crippen molar-refractivity contribution in [3.63, 3.8) is 0 Å². The molecule has 1 fully saturated rings. The van der Waals surface area contributed by atoms with Gasteiger partial charge in [-0.05, 0) is 67.1 Å². The van der Waals surface area contributed by atoms with Gasteiger partial charge in [-0.25, -0.2) is 14.5 Å². The summed E-state index contributed by atoms with van der Waals surface area (Å²) in [6.07, 6.45) is -7.94. The highest BCUT2D eigenvalue weighted by molar-refractivity contribution is 8.15. The molecule has 0 spiro atoms. The Balaban J connectivity index is 1.26. The van der Waals surface area contributed by atoms with Crippen molar-refractivity contribution in [2.75, 3.05) is 22.6 Å². The summed E-state index contributed by atoms with van der Waals surface area (Å²) in [5.74, 6) is -0.498. The maximum atomic E-state index is 12.8. The lowest BCUT2D eigenvalue weighted by Crippen LogP contribution is -2.31. The van der Waals surface area contributed by atoms with Crippen LogP contribution in [0, 0.1) is 6.92 Å². The summed E-state index contributed by atoms with van der Waals surface area (Å²) in [6.45, 7) is -0.119. The van der Waals surface area contributed by atoms with Crippen LogP contribution >= 0.6 is 11.8 Å². The minimum Gasteiger partial charge on any atom is -0.406 e. The summed E-state index contributed by atoms with van der Waals surface area (Å²) < 4.78 is 85.0. The zero-order valence-corrected chi connectivity index (χ0v) is 24.4. The van der Waals surface area contributed by atoms with E-state index in [2.05, 4.69) is 25.1 Å². The third kappa shape index (κ3) is 8.42. The topological polar surface area (TPSA) is 111 Å². The van der Waals surface area contributed by atoms with Crippen molar-refractivity contribution < 1.29 is 45.4 Å². The molecule has 1 aliphatic rings. The Morgan fingerprint density at radius 3 is 2.41 bits per heavy atom. The van der Waals surface area contributed by atoms with Crippen molar-refractivity contribution in [2.24, 2.45) is 4.99 Å². The molecule has 0 saturated carbocycles. The molecule has 0 radical (unpaired) electrons. The number of hydrogen-bond acceptors (Lipinski definition) is 7. The van der Waals surface area contributed by atoms with Crippen molar-refractivity contribution in [1.29, 1.82) is 0 Å². The number of carbonyl (C=O) groups excluding carboxylic acids is 2. The van der Waals surface area contributed by atoms with E-state index in [1.807, 2.05) is 0 Å². The Labute approximate surface area is 261 Å². The number of aryl methyl sites for hydroxylation is 1. The summed E-state index contributed by atoms with van der Waals surface area (Å²) in [5.41, 5.74) is 2.69. The molecule has 3 aromatic carbocycles. The number of nitrogens with one attached hydrogen (secondary N) is 1. The first kappa shape index (κ1) is 32.5. The fourth-order valence-electron chi connectivity index (χ4n) is 4.22. The largest absolute Gasteiger partial charge is 0.573 e. The van der Waals surface area contributed by atoms with Crippen LogP contribution in [0.1, 0.15) is 11.1 Å². The van der Waals surface area contributed by atoms with Gasteiger partial charge in [0.1, 0.15) is 18.7 Å². The number of amides is 3. The number of anilines is 2. The van der Waals surface area contributed by atoms with Crippen molar-refractivity contribution in [2.45, 2.75) is 26.1 Å². The van der Waals surface area contributed by atoms with Crippen LogP contribution in [0.25, 0.3) is 17.1 Å². The number of carbonyl (C=O) groups is 2. The number of benzene rings is 3. The van der Waals surface area contributed by atoms with E-state index in [-0.39, 0.29) is 22.4 Å². The number of rotatable bonds is 8. The third-order valence-corrected chi connectivity index (χ3v) is 7.11. The molecule has 0 unspecified atom stereocenters. The molecule has 2 heterocycles. The highest BCUT2D eigenvalue weighted by atomic mass is 32.2. The van der Waals surface area contributed by atoms with E-state index in [0.717, 1.165) is 29.5 Å². The number of halogens is 6. The molecule has 0 bridgehead atoms. The van der Waals surface area contributed by atoms with E-state index < -0.39 is 37.7 Å². The van der Waals surface area contributed by atoms with Crippen LogP contribution in [0.15, 0.2) is 78.0 Å². The molecule has 0 aliphatic carbocycles. The van der Waals surface area contributed by atoms with Crippen LogP contribution in [0.3, 0.4) is 0 Å². The molecule has 5 rings (SSSR count). The van der Waals surface area contributed by atoms with Crippen molar-refractivity contribution >= 4 is 40.2 Å². The van der Waals surface area contributed by atoms with Gasteiger partial charge in [0, 0.05) is 16.8 Å². The number of urea groups is 1. The minimum absolute atomic E-state index is 0.0251. The van der Waals surface area contributed by atoms with Crippen LogP contribution in [0.4, 0.5) is 42.5 Å². The molecule has 1 aromatic heterocycles. The highest BCUT2D eigenvalue weighted by Crippen LogP contribution is 2.32. The number of nitrogens with zero attached hydrogens (tertiary/aromatic N) is 5. The van der Waals surface area contributed by atoms with Gasteiger partial charge in [0.25, 0.3) is 0 Å². The second-order valence-corrected chi connectivity index (χ2v) is 10.7. The molecule has 1 saturated heterocycles. The zero-order valence-electron chi connectivity index (χ0n) is 23.6. The quantitative estimate of drug-likeness (QED) is 0.204. The second-order valence-electron chi connectivity index (χ2n) is 9.71. The first-order valence-corrected chi connectivity index (χ1v) is 14.2. The lowest BCUT2D eigenvalue weighted by molar-refractivity contribution is -0.274. The molecule has 1 N–H and O–H groups in total. The van der Waals surface area contributed by atoms with E-state index in [1.165, 1.54) is 28.0 Å². The normalized spacial score (nSPS) is 14.6. The minimum atomic E-state index is -4.80. The van der Waals surface area contributed by atoms with E-state index in [9.17, 15) is 35.9 Å². The second kappa shape index (κ2) is 13.2. The average molecular weight is 665 g/mol. The first-order valence-electron chi connectivity index (χ1n) is 13.2. The number of ether oxygens (including phenoxy) is 2. The van der Waals surface area contributed by atoms with Gasteiger partial charge in [-0.2, -0.15) is 18.2 Å². The van der Waals surface area contributed by atoms with Gasteiger partial charge in [-0.15, -0.1) is 18.3 Å². The SMILES string of the molecule is Cc1ccc(COCC(F)(F)F)c(N2C(=O)CS/C2=N\C(=O)Nc2ccc(-c3ncn(-c4ccc(OC(F)(F)F)cc4)n3)cc2)c1. The summed E-state index contributed by atoms with van der Waals surface area (Å²) >= 11 is 1.01. The van der Waals surface area contributed by atoms with Gasteiger partial charge in [0.2, 0.25) is 5.91 Å². The van der Waals surface area contributed by atoms with Gasteiger partial charge < -0.3 is 14.8 Å². The molecular weight excluding hydrogens is 642 g/mol. The molecule has 4 aromatic rings. The Kier molecular flexibility index (Phi) is 9.34. The number of aromatic nitrogens is 3. The van der Waals surface area contributed by atoms with Crippen molar-refractivity contribution in [1.82, 2.24) is 14.8 Å². The summed E-state index contributed by atoms with van der Waals surface area (Å²) in [7, 11) is 0. The molecule has 10 nitrogen and oxygen atoms in total. The van der Waals surface area contributed by atoms with Gasteiger partial charge in [0.05, 0.1) is 23.7 Å². The number of thioether (sulfide) groups is 1. The summed E-state index contributed by atoms with van der Waals surface area (Å²) in [5, 5.41) is 6.98. The Hall–Kier alpha value is -4.90. The molecule has 3 amide bonds. The Bertz CT molecular complexity index is 1760. The number of amidine groups is 1. The van der Waals surface area contributed by atoms with Crippen molar-refractivity contribution in [3.8, 4) is 22.8 Å². The predicted molar refractivity (Wildman–Crippen MR) is 157 cm³/mol. The van der Waals surface area contributed by atoms with Gasteiger partial charge >= 0.3 is 18.6 Å². The monoisotopic (exact) mass is 664 g/mol. The van der Waals surface area contributed by atoms with Crippen LogP contribution in [-0.2, 0) is 16.1 Å². The standard InChI is InChI=1S/C29H22F6N6O4S/c1-17-2-3-19(13-44-15-28(30,31)32)23(12-17)41-24(42)14-46-27(41)38-26(43)37-20-6-4-18(5-7-20)25-36-16-40(39-25)21-8-10-22(11-9-21)45-29(33,34)35/h2-12,16H,13-15H2,1H3,(H,37,43)/b38-27-. The molecule has 240 valence electrons. The van der Waals surface area contributed by atoms with Gasteiger partial charge in [-0.1, -0.05) is 23.9 Å². The number of aliphatic imine (C=N–C) groups is 1. The summed E-state index contributed by atoms with van der Waals surface area (Å²) in [4.78, 5) is 35.0. The molecule has 0 atom stereocenters. The molecule has 46 heavy (non-hydrogen) atoms. The Morgan fingerprint density at radius 1 is 1.02 bits per heavy atom. The molecule has 1 aliphatic heterocycles. The van der Waals surface area contributed by atoms with Crippen LogP contribution in [0.2, 0.25) is 0 Å². The van der Waals surface area contributed by atoms with Gasteiger partial charge in [-0.3, -0.25) is 9.69 Å². The van der Waals surface area contributed by atoms with Crippen LogP contribution in [-0.4, -0.2) is 56.8 Å². The number of alkyl halides is 6. The third-order valence-electron chi connectivity index (χ3n) is 6.19. The van der Waals surface area contributed by atoms with Crippen LogP contribution < -0.4 is 15.0 Å². The fraction of sp³-hybridized carbons (Fsp3) is 0.207. The van der Waals surface area contributed by atoms with Crippen LogP contribution in [0.5, 0.6) is 5.75 Å². The fourth-order valence-corrected chi connectivity index (χ4v) is 5.08. The number of hydrogen-bond donors (Lipinski definition) is 1.